The third-order valence-corrected chi connectivity index (χ3v) is 3.60. The number of rotatable bonds is 1. The summed E-state index contributed by atoms with van der Waals surface area (Å²) >= 11 is 3.50. The second-order valence-corrected chi connectivity index (χ2v) is 5.38. The molecule has 2 nitrogen and oxygen atoms in total. The zero-order chi connectivity index (χ0) is 11.0. The summed E-state index contributed by atoms with van der Waals surface area (Å²) in [6, 6.07) is 6.99. The van der Waals surface area contributed by atoms with Gasteiger partial charge in [0.25, 0.3) is 0 Å². The van der Waals surface area contributed by atoms with E-state index in [0.717, 1.165) is 11.0 Å². The Morgan fingerprint density at radius 1 is 1.47 bits per heavy atom. The molecule has 1 aromatic carbocycles. The number of nitrogens with one attached hydrogen (secondary N) is 1. The summed E-state index contributed by atoms with van der Waals surface area (Å²) in [6.07, 6.45) is 0. The highest BCUT2D eigenvalue weighted by molar-refractivity contribution is 9.10. The lowest BCUT2D eigenvalue weighted by Crippen LogP contribution is -2.44. The van der Waals surface area contributed by atoms with Crippen LogP contribution in [-0.4, -0.2) is 19.6 Å². The third kappa shape index (κ3) is 1.98. The second-order valence-electron chi connectivity index (χ2n) is 4.46. The highest BCUT2D eigenvalue weighted by Gasteiger charge is 2.25. The SMILES string of the molecule is CC(C)C1CNc2cc(Br)ccc2N1C. The van der Waals surface area contributed by atoms with Crippen molar-refractivity contribution in [3.8, 4) is 0 Å². The van der Waals surface area contributed by atoms with Gasteiger partial charge in [0.15, 0.2) is 0 Å². The summed E-state index contributed by atoms with van der Waals surface area (Å²) in [5.74, 6) is 0.666. The number of halogens is 1. The molecule has 1 atom stereocenters. The number of hydrogen-bond donors (Lipinski definition) is 1. The minimum atomic E-state index is 0.582. The van der Waals surface area contributed by atoms with Crippen molar-refractivity contribution in [1.82, 2.24) is 0 Å². The fourth-order valence-corrected chi connectivity index (χ4v) is 2.53. The van der Waals surface area contributed by atoms with Crippen LogP contribution in [0.25, 0.3) is 0 Å². The van der Waals surface area contributed by atoms with Gasteiger partial charge in [0.2, 0.25) is 0 Å². The van der Waals surface area contributed by atoms with Crippen molar-refractivity contribution in [2.24, 2.45) is 5.92 Å². The van der Waals surface area contributed by atoms with Crippen molar-refractivity contribution in [2.75, 3.05) is 23.8 Å². The number of hydrogen-bond acceptors (Lipinski definition) is 2. The summed E-state index contributed by atoms with van der Waals surface area (Å²) in [7, 11) is 2.18. The lowest BCUT2D eigenvalue weighted by Gasteiger charge is -2.39. The molecule has 1 heterocycles. The van der Waals surface area contributed by atoms with E-state index in [0.29, 0.717) is 12.0 Å². The van der Waals surface area contributed by atoms with Gasteiger partial charge in [-0.25, -0.2) is 0 Å². The molecule has 1 aromatic rings. The van der Waals surface area contributed by atoms with E-state index in [2.05, 4.69) is 65.2 Å². The molecule has 2 rings (SSSR count). The Labute approximate surface area is 99.8 Å². The van der Waals surface area contributed by atoms with Crippen LogP contribution in [0.15, 0.2) is 22.7 Å². The molecular weight excluding hydrogens is 252 g/mol. The molecule has 1 N–H and O–H groups in total. The standard InChI is InChI=1S/C12H17BrN2/c1-8(2)12-7-14-10-6-9(13)4-5-11(10)15(12)3/h4-6,8,12,14H,7H2,1-3H3. The summed E-state index contributed by atoms with van der Waals surface area (Å²) in [5.41, 5.74) is 2.52. The largest absolute Gasteiger partial charge is 0.381 e. The van der Waals surface area contributed by atoms with Gasteiger partial charge in [-0.15, -0.1) is 0 Å². The lowest BCUT2D eigenvalue weighted by atomic mass is 9.99. The third-order valence-electron chi connectivity index (χ3n) is 3.11. The second kappa shape index (κ2) is 4.05. The first-order chi connectivity index (χ1) is 7.09. The molecule has 1 unspecified atom stereocenters. The molecule has 0 radical (unpaired) electrons. The van der Waals surface area contributed by atoms with E-state index < -0.39 is 0 Å². The van der Waals surface area contributed by atoms with Gasteiger partial charge >= 0.3 is 0 Å². The van der Waals surface area contributed by atoms with Crippen LogP contribution in [0.2, 0.25) is 0 Å². The van der Waals surface area contributed by atoms with Gasteiger partial charge in [-0.3, -0.25) is 0 Å². The van der Waals surface area contributed by atoms with Crippen LogP contribution in [0.4, 0.5) is 11.4 Å². The van der Waals surface area contributed by atoms with E-state index in [1.54, 1.807) is 0 Å². The highest BCUT2D eigenvalue weighted by atomic mass is 79.9. The maximum Gasteiger partial charge on any atom is 0.0603 e. The fourth-order valence-electron chi connectivity index (χ4n) is 2.17. The number of benzene rings is 1. The quantitative estimate of drug-likeness (QED) is 0.841. The molecule has 0 saturated carbocycles. The first kappa shape index (κ1) is 10.8. The summed E-state index contributed by atoms with van der Waals surface area (Å²) in [6.45, 7) is 5.57. The average molecular weight is 269 g/mol. The predicted octanol–water partition coefficient (Wildman–Crippen LogP) is 3.34. The van der Waals surface area contributed by atoms with Crippen LogP contribution in [0.1, 0.15) is 13.8 Å². The summed E-state index contributed by atoms with van der Waals surface area (Å²) in [4.78, 5) is 2.38. The van der Waals surface area contributed by atoms with Crippen LogP contribution in [0.3, 0.4) is 0 Å². The monoisotopic (exact) mass is 268 g/mol. The maximum absolute atomic E-state index is 3.50. The summed E-state index contributed by atoms with van der Waals surface area (Å²) < 4.78 is 1.13. The Bertz CT molecular complexity index is 363. The number of nitrogens with zero attached hydrogens (tertiary/aromatic N) is 1. The average Bonchev–Trinajstić information content (AvgIpc) is 2.17. The van der Waals surface area contributed by atoms with Crippen molar-refractivity contribution in [3.05, 3.63) is 22.7 Å². The fraction of sp³-hybridized carbons (Fsp3) is 0.500. The minimum Gasteiger partial charge on any atom is -0.381 e. The molecule has 0 spiro atoms. The van der Waals surface area contributed by atoms with Crippen molar-refractivity contribution in [2.45, 2.75) is 19.9 Å². The molecule has 1 aliphatic rings. The Balaban J connectivity index is 2.34. The normalized spacial score (nSPS) is 20.1. The van der Waals surface area contributed by atoms with E-state index in [9.17, 15) is 0 Å². The van der Waals surface area contributed by atoms with Crippen LogP contribution in [0.5, 0.6) is 0 Å². The van der Waals surface area contributed by atoms with Crippen molar-refractivity contribution in [1.29, 1.82) is 0 Å². The molecule has 3 heteroatoms. The Hall–Kier alpha value is -0.700. The molecule has 15 heavy (non-hydrogen) atoms. The zero-order valence-corrected chi connectivity index (χ0v) is 11.0. The topological polar surface area (TPSA) is 15.3 Å². The first-order valence-electron chi connectivity index (χ1n) is 5.36. The van der Waals surface area contributed by atoms with Gasteiger partial charge in [-0.2, -0.15) is 0 Å². The van der Waals surface area contributed by atoms with Gasteiger partial charge in [0.05, 0.1) is 11.4 Å². The van der Waals surface area contributed by atoms with E-state index in [1.807, 2.05) is 0 Å². The van der Waals surface area contributed by atoms with Gasteiger partial charge in [0.1, 0.15) is 0 Å². The van der Waals surface area contributed by atoms with Gasteiger partial charge in [0, 0.05) is 24.1 Å². The van der Waals surface area contributed by atoms with Gasteiger partial charge < -0.3 is 10.2 Å². The number of likely N-dealkylation sites (N-methyl/N-ethyl adjacent to an activating group) is 1. The molecule has 0 saturated heterocycles. The molecule has 82 valence electrons. The van der Waals surface area contributed by atoms with Crippen LogP contribution >= 0.6 is 15.9 Å². The first-order valence-corrected chi connectivity index (χ1v) is 6.15. The zero-order valence-electron chi connectivity index (χ0n) is 9.42. The van der Waals surface area contributed by atoms with E-state index in [-0.39, 0.29) is 0 Å². The van der Waals surface area contributed by atoms with Crippen LogP contribution < -0.4 is 10.2 Å². The number of anilines is 2. The molecule has 0 bridgehead atoms. The maximum atomic E-state index is 3.50. The van der Waals surface area contributed by atoms with Crippen LogP contribution in [0, 0.1) is 5.92 Å². The molecule has 0 amide bonds. The smallest absolute Gasteiger partial charge is 0.0603 e. The molecule has 0 aliphatic carbocycles. The predicted molar refractivity (Wildman–Crippen MR) is 69.7 cm³/mol. The lowest BCUT2D eigenvalue weighted by molar-refractivity contribution is 0.482. The Morgan fingerprint density at radius 3 is 2.87 bits per heavy atom. The van der Waals surface area contributed by atoms with Crippen LogP contribution in [-0.2, 0) is 0 Å². The molecule has 0 fully saturated rings. The van der Waals surface area contributed by atoms with Crippen molar-refractivity contribution < 1.29 is 0 Å². The summed E-state index contributed by atoms with van der Waals surface area (Å²) in [5, 5.41) is 3.49. The minimum absolute atomic E-state index is 0.582. The molecule has 0 aromatic heterocycles. The number of fused-ring (bicyclic) bond motifs is 1. The van der Waals surface area contributed by atoms with E-state index in [1.165, 1.54) is 11.4 Å². The van der Waals surface area contributed by atoms with Crippen molar-refractivity contribution in [3.63, 3.8) is 0 Å². The molecule has 1 aliphatic heterocycles. The highest BCUT2D eigenvalue weighted by Crippen LogP contribution is 2.34. The Morgan fingerprint density at radius 2 is 2.20 bits per heavy atom. The van der Waals surface area contributed by atoms with Crippen molar-refractivity contribution >= 4 is 27.3 Å². The van der Waals surface area contributed by atoms with E-state index >= 15 is 0 Å². The van der Waals surface area contributed by atoms with Gasteiger partial charge in [-0.1, -0.05) is 29.8 Å². The van der Waals surface area contributed by atoms with Gasteiger partial charge in [-0.05, 0) is 24.1 Å². The Kier molecular flexibility index (Phi) is 2.91. The van der Waals surface area contributed by atoms with E-state index in [4.69, 9.17) is 0 Å². The molecular formula is C12H17BrN2.